The lowest BCUT2D eigenvalue weighted by molar-refractivity contribution is -0.949. The molecule has 2 N–H and O–H groups in total. The minimum Gasteiger partial charge on any atom is -0.504 e. The smallest absolute Gasteiger partial charge is 0.197 e. The van der Waals surface area contributed by atoms with E-state index < -0.39 is 17.1 Å². The SMILES string of the molecule is C[N@+]1(CC2CC2)CC[C@]23c4c5ccc(O)c4O[C@H]2C(=O)C=CC3(O)[C@H]1C5. The third-order valence-electron chi connectivity index (χ3n) is 7.89. The third kappa shape index (κ3) is 1.50. The molecular formula is C21H24NO4+. The molecule has 0 aromatic heterocycles. The molecule has 136 valence electrons. The van der Waals surface area contributed by atoms with Crippen LogP contribution in [0, 0.1) is 5.92 Å². The van der Waals surface area contributed by atoms with E-state index in [0.29, 0.717) is 12.2 Å². The molecule has 1 saturated carbocycles. The lowest BCUT2D eigenvalue weighted by Crippen LogP contribution is -2.79. The number of likely N-dealkylation sites (N-methyl/N-ethyl adjacent to an activating group) is 1. The maximum Gasteiger partial charge on any atom is 0.197 e. The molecule has 3 aliphatic carbocycles. The molecule has 0 radical (unpaired) electrons. The van der Waals surface area contributed by atoms with Crippen LogP contribution in [0.1, 0.15) is 30.4 Å². The summed E-state index contributed by atoms with van der Waals surface area (Å²) in [5.74, 6) is 1.15. The number of ketones is 1. The Kier molecular flexibility index (Phi) is 2.54. The Bertz CT molecular complexity index is 890. The van der Waals surface area contributed by atoms with Crippen molar-refractivity contribution in [1.29, 1.82) is 0 Å². The number of phenols is 1. The predicted octanol–water partition coefficient (Wildman–Crippen LogP) is 1.45. The van der Waals surface area contributed by atoms with E-state index >= 15 is 0 Å². The Hall–Kier alpha value is -1.85. The standard InChI is InChI=1S/C21H23NO4/c1-22(11-12-2-3-12)9-8-20-17-13-4-5-14(23)18(17)26-19(20)15(24)6-7-21(20,25)16(22)10-13/h4-7,12,16,19,25H,2-3,8-11H2,1H3/p+1/t16-,19+,20+,21?,22-/m1/s1. The van der Waals surface area contributed by atoms with Crippen LogP contribution in [-0.2, 0) is 16.6 Å². The van der Waals surface area contributed by atoms with Crippen LogP contribution in [0.25, 0.3) is 0 Å². The lowest BCUT2D eigenvalue weighted by atomic mass is 9.50. The summed E-state index contributed by atoms with van der Waals surface area (Å²) in [6.45, 7) is 2.02. The minimum atomic E-state index is -1.11. The fourth-order valence-corrected chi connectivity index (χ4v) is 6.52. The van der Waals surface area contributed by atoms with Crippen molar-refractivity contribution in [2.45, 2.75) is 48.8 Å². The number of aliphatic hydroxyl groups is 1. The molecule has 2 fully saturated rings. The lowest BCUT2D eigenvalue weighted by Gasteiger charge is -2.62. The highest BCUT2D eigenvalue weighted by Gasteiger charge is 2.75. The number of likely N-dealkylation sites (tertiary alicyclic amines) is 1. The number of ether oxygens (including phenoxy) is 1. The maximum atomic E-state index is 12.7. The second kappa shape index (κ2) is 4.34. The molecular weight excluding hydrogens is 330 g/mol. The zero-order chi connectivity index (χ0) is 17.9. The van der Waals surface area contributed by atoms with Crippen LogP contribution in [-0.4, -0.2) is 58.4 Å². The van der Waals surface area contributed by atoms with Crippen molar-refractivity contribution >= 4 is 5.78 Å². The Morgan fingerprint density at radius 1 is 1.35 bits per heavy atom. The average molecular weight is 354 g/mol. The van der Waals surface area contributed by atoms with Crippen molar-refractivity contribution in [3.8, 4) is 11.5 Å². The summed E-state index contributed by atoms with van der Waals surface area (Å²) in [5, 5.41) is 22.4. The fourth-order valence-electron chi connectivity index (χ4n) is 6.52. The first kappa shape index (κ1) is 15.2. The molecule has 5 aliphatic rings. The van der Waals surface area contributed by atoms with E-state index in [1.165, 1.54) is 18.9 Å². The quantitative estimate of drug-likeness (QED) is 0.789. The summed E-state index contributed by atoms with van der Waals surface area (Å²) >= 11 is 0. The first-order chi connectivity index (χ1) is 12.4. The number of phenolic OH excluding ortho intramolecular Hbond substituents is 1. The van der Waals surface area contributed by atoms with Crippen molar-refractivity contribution in [1.82, 2.24) is 0 Å². The Morgan fingerprint density at radius 3 is 2.92 bits per heavy atom. The van der Waals surface area contributed by atoms with Crippen LogP contribution in [0.2, 0.25) is 0 Å². The number of carbonyl (C=O) groups is 1. The van der Waals surface area contributed by atoms with Crippen molar-refractivity contribution in [2.24, 2.45) is 5.92 Å². The number of quaternary nitrogens is 1. The molecule has 5 atom stereocenters. The molecule has 5 nitrogen and oxygen atoms in total. The highest BCUT2D eigenvalue weighted by molar-refractivity contribution is 5.98. The molecule has 0 amide bonds. The molecule has 1 unspecified atom stereocenters. The zero-order valence-electron chi connectivity index (χ0n) is 14.9. The molecule has 1 spiro atoms. The highest BCUT2D eigenvalue weighted by Crippen LogP contribution is 2.64. The number of aromatic hydroxyl groups is 1. The summed E-state index contributed by atoms with van der Waals surface area (Å²) in [4.78, 5) is 12.7. The van der Waals surface area contributed by atoms with Gasteiger partial charge in [-0.25, -0.2) is 0 Å². The second-order valence-electron chi connectivity index (χ2n) is 9.28. The normalized spacial score (nSPS) is 44.6. The van der Waals surface area contributed by atoms with E-state index in [4.69, 9.17) is 4.74 Å². The summed E-state index contributed by atoms with van der Waals surface area (Å²) < 4.78 is 6.88. The first-order valence-corrected chi connectivity index (χ1v) is 9.71. The minimum absolute atomic E-state index is 0.00953. The van der Waals surface area contributed by atoms with E-state index in [9.17, 15) is 15.0 Å². The van der Waals surface area contributed by atoms with Gasteiger partial charge in [-0.15, -0.1) is 0 Å². The van der Waals surface area contributed by atoms with Crippen LogP contribution in [0.3, 0.4) is 0 Å². The van der Waals surface area contributed by atoms with Crippen molar-refractivity contribution in [2.75, 3.05) is 20.1 Å². The van der Waals surface area contributed by atoms with Crippen LogP contribution < -0.4 is 4.74 Å². The van der Waals surface area contributed by atoms with Gasteiger partial charge >= 0.3 is 0 Å². The number of hydrogen-bond donors (Lipinski definition) is 2. The van der Waals surface area contributed by atoms with Crippen LogP contribution in [0.5, 0.6) is 11.5 Å². The zero-order valence-corrected chi connectivity index (χ0v) is 14.9. The molecule has 26 heavy (non-hydrogen) atoms. The van der Waals surface area contributed by atoms with Crippen LogP contribution >= 0.6 is 0 Å². The van der Waals surface area contributed by atoms with E-state index in [1.54, 1.807) is 12.1 Å². The summed E-state index contributed by atoms with van der Waals surface area (Å²) in [5.41, 5.74) is 0.140. The highest BCUT2D eigenvalue weighted by atomic mass is 16.5. The molecule has 2 bridgehead atoms. The van der Waals surface area contributed by atoms with Crippen LogP contribution in [0.15, 0.2) is 24.3 Å². The first-order valence-electron chi connectivity index (χ1n) is 9.71. The van der Waals surface area contributed by atoms with E-state index in [0.717, 1.165) is 41.0 Å². The van der Waals surface area contributed by atoms with Crippen LogP contribution in [0.4, 0.5) is 0 Å². The Labute approximate surface area is 152 Å². The second-order valence-corrected chi connectivity index (χ2v) is 9.28. The summed E-state index contributed by atoms with van der Waals surface area (Å²) in [6, 6.07) is 3.64. The number of nitrogens with zero attached hydrogens (tertiary/aromatic N) is 1. The number of benzene rings is 1. The Balaban J connectivity index is 1.63. The fraction of sp³-hybridized carbons (Fsp3) is 0.571. The van der Waals surface area contributed by atoms with Gasteiger partial charge in [0.25, 0.3) is 0 Å². The number of hydrogen-bond acceptors (Lipinski definition) is 4. The van der Waals surface area contributed by atoms with Gasteiger partial charge in [0.05, 0.1) is 25.6 Å². The van der Waals surface area contributed by atoms with Gasteiger partial charge in [-0.3, -0.25) is 4.79 Å². The van der Waals surface area contributed by atoms with Gasteiger partial charge in [0.2, 0.25) is 0 Å². The molecule has 2 heterocycles. The molecule has 1 aromatic carbocycles. The van der Waals surface area contributed by atoms with Gasteiger partial charge in [-0.1, -0.05) is 6.07 Å². The summed E-state index contributed by atoms with van der Waals surface area (Å²) in [7, 11) is 2.27. The Morgan fingerprint density at radius 2 is 2.15 bits per heavy atom. The van der Waals surface area contributed by atoms with Gasteiger partial charge in [0, 0.05) is 24.3 Å². The molecule has 6 rings (SSSR count). The van der Waals surface area contributed by atoms with Gasteiger partial charge < -0.3 is 19.4 Å². The molecule has 1 aromatic rings. The largest absolute Gasteiger partial charge is 0.504 e. The van der Waals surface area contributed by atoms with Gasteiger partial charge in [-0.05, 0) is 36.6 Å². The topological polar surface area (TPSA) is 66.8 Å². The van der Waals surface area contributed by atoms with Gasteiger partial charge in [0.1, 0.15) is 11.6 Å². The van der Waals surface area contributed by atoms with Crippen molar-refractivity contribution < 1.29 is 24.2 Å². The summed E-state index contributed by atoms with van der Waals surface area (Å²) in [6.07, 6.45) is 6.57. The third-order valence-corrected chi connectivity index (χ3v) is 7.89. The average Bonchev–Trinajstić information content (AvgIpc) is 3.32. The van der Waals surface area contributed by atoms with Gasteiger partial charge in [-0.2, -0.15) is 0 Å². The van der Waals surface area contributed by atoms with E-state index in [-0.39, 0.29) is 17.6 Å². The van der Waals surface area contributed by atoms with E-state index in [1.807, 2.05) is 6.07 Å². The molecule has 1 saturated heterocycles. The maximum absolute atomic E-state index is 12.7. The molecule has 5 heteroatoms. The number of piperidine rings is 1. The molecule has 2 aliphatic heterocycles. The monoisotopic (exact) mass is 354 g/mol. The number of carbonyl (C=O) groups excluding carboxylic acids is 1. The van der Waals surface area contributed by atoms with Crippen molar-refractivity contribution in [3.05, 3.63) is 35.4 Å². The van der Waals surface area contributed by atoms with E-state index in [2.05, 4.69) is 7.05 Å². The van der Waals surface area contributed by atoms with Crippen molar-refractivity contribution in [3.63, 3.8) is 0 Å². The predicted molar refractivity (Wildman–Crippen MR) is 94.0 cm³/mol. The van der Waals surface area contributed by atoms with Gasteiger partial charge in [0.15, 0.2) is 23.4 Å². The number of rotatable bonds is 2.